The number of anilines is 1. The Morgan fingerprint density at radius 1 is 1.12 bits per heavy atom. The summed E-state index contributed by atoms with van der Waals surface area (Å²) >= 11 is 0. The van der Waals surface area contributed by atoms with Gasteiger partial charge in [0.05, 0.1) is 6.04 Å². The van der Waals surface area contributed by atoms with Crippen LogP contribution in [0.3, 0.4) is 0 Å². The van der Waals surface area contributed by atoms with Gasteiger partial charge in [-0.15, -0.1) is 0 Å². The molecule has 1 saturated heterocycles. The van der Waals surface area contributed by atoms with Gasteiger partial charge in [0, 0.05) is 37.9 Å². The van der Waals surface area contributed by atoms with E-state index in [1.165, 1.54) is 29.7 Å². The predicted molar refractivity (Wildman–Crippen MR) is 99.6 cm³/mol. The molecule has 0 bridgehead atoms. The van der Waals surface area contributed by atoms with Gasteiger partial charge in [-0.25, -0.2) is 0 Å². The second-order valence-electron chi connectivity index (χ2n) is 7.41. The van der Waals surface area contributed by atoms with Gasteiger partial charge in [-0.1, -0.05) is 25.0 Å². The zero-order valence-electron chi connectivity index (χ0n) is 15.3. The Labute approximate surface area is 146 Å². The average molecular weight is 329 g/mol. The first kappa shape index (κ1) is 17.3. The van der Waals surface area contributed by atoms with Crippen molar-refractivity contribution in [3.05, 3.63) is 29.3 Å². The highest BCUT2D eigenvalue weighted by Gasteiger charge is 2.28. The van der Waals surface area contributed by atoms with Crippen molar-refractivity contribution in [2.45, 2.75) is 58.5 Å². The molecule has 1 amide bonds. The Balaban J connectivity index is 1.54. The number of carbonyl (C=O) groups is 1. The maximum Gasteiger partial charge on any atom is 0.237 e. The lowest BCUT2D eigenvalue weighted by Gasteiger charge is -2.39. The summed E-state index contributed by atoms with van der Waals surface area (Å²) < 4.78 is 0. The van der Waals surface area contributed by atoms with Crippen LogP contribution in [0, 0.1) is 13.8 Å². The molecule has 0 unspecified atom stereocenters. The third-order valence-electron chi connectivity index (χ3n) is 5.86. The van der Waals surface area contributed by atoms with Crippen LogP contribution in [0.4, 0.5) is 5.69 Å². The Kier molecular flexibility index (Phi) is 5.44. The molecule has 4 heteroatoms. The zero-order valence-corrected chi connectivity index (χ0v) is 15.3. The second kappa shape index (κ2) is 7.56. The van der Waals surface area contributed by atoms with E-state index in [1.807, 2.05) is 0 Å². The van der Waals surface area contributed by atoms with Crippen molar-refractivity contribution >= 4 is 11.6 Å². The molecule has 1 aromatic carbocycles. The minimum Gasteiger partial charge on any atom is -0.369 e. The number of nitrogens with one attached hydrogen (secondary N) is 1. The largest absolute Gasteiger partial charge is 0.369 e. The van der Waals surface area contributed by atoms with E-state index in [1.54, 1.807) is 0 Å². The molecule has 24 heavy (non-hydrogen) atoms. The number of piperazine rings is 1. The van der Waals surface area contributed by atoms with Gasteiger partial charge < -0.3 is 10.2 Å². The number of nitrogens with zero attached hydrogens (tertiary/aromatic N) is 2. The number of aryl methyl sites for hydroxylation is 1. The predicted octanol–water partition coefficient (Wildman–Crippen LogP) is 2.87. The Hall–Kier alpha value is -1.55. The molecule has 1 saturated carbocycles. The van der Waals surface area contributed by atoms with E-state index in [0.29, 0.717) is 6.04 Å². The van der Waals surface area contributed by atoms with E-state index >= 15 is 0 Å². The standard InChI is InChI=1S/C20H31N3O/c1-15-7-6-10-19(16(15)2)23-13-11-22(12-14-23)17(3)20(24)21-18-8-4-5-9-18/h6-7,10,17-18H,4-5,8-9,11-14H2,1-3H3,(H,21,24)/t17-/m1/s1. The van der Waals surface area contributed by atoms with Gasteiger partial charge in [0.15, 0.2) is 0 Å². The molecule has 132 valence electrons. The fourth-order valence-corrected chi connectivity index (χ4v) is 3.99. The van der Waals surface area contributed by atoms with Crippen molar-refractivity contribution in [2.75, 3.05) is 31.1 Å². The number of hydrogen-bond acceptors (Lipinski definition) is 3. The Morgan fingerprint density at radius 2 is 1.79 bits per heavy atom. The normalized spacial score (nSPS) is 21.0. The molecule has 1 aliphatic heterocycles. The van der Waals surface area contributed by atoms with E-state index in [0.717, 1.165) is 39.0 Å². The minimum absolute atomic E-state index is 0.0219. The fourth-order valence-electron chi connectivity index (χ4n) is 3.99. The molecular formula is C20H31N3O. The van der Waals surface area contributed by atoms with Crippen molar-refractivity contribution in [1.29, 1.82) is 0 Å². The summed E-state index contributed by atoms with van der Waals surface area (Å²) in [5.74, 6) is 0.210. The molecule has 1 N–H and O–H groups in total. The van der Waals surface area contributed by atoms with Crippen molar-refractivity contribution < 1.29 is 4.79 Å². The van der Waals surface area contributed by atoms with Crippen LogP contribution in [0.5, 0.6) is 0 Å². The van der Waals surface area contributed by atoms with Crippen molar-refractivity contribution in [2.24, 2.45) is 0 Å². The van der Waals surface area contributed by atoms with Crippen LogP contribution in [0.25, 0.3) is 0 Å². The third-order valence-corrected chi connectivity index (χ3v) is 5.86. The molecule has 1 aromatic rings. The van der Waals surface area contributed by atoms with Crippen LogP contribution < -0.4 is 10.2 Å². The number of amides is 1. The molecule has 3 rings (SSSR count). The monoisotopic (exact) mass is 329 g/mol. The molecule has 1 aliphatic carbocycles. The SMILES string of the molecule is Cc1cccc(N2CCN([C@H](C)C(=O)NC3CCCC3)CC2)c1C. The molecule has 0 spiro atoms. The van der Waals surface area contributed by atoms with Gasteiger partial charge in [0.2, 0.25) is 5.91 Å². The highest BCUT2D eigenvalue weighted by Crippen LogP contribution is 2.24. The fraction of sp³-hybridized carbons (Fsp3) is 0.650. The molecule has 0 radical (unpaired) electrons. The van der Waals surface area contributed by atoms with E-state index in [-0.39, 0.29) is 11.9 Å². The topological polar surface area (TPSA) is 35.6 Å². The first-order valence-corrected chi connectivity index (χ1v) is 9.42. The van der Waals surface area contributed by atoms with Crippen molar-refractivity contribution in [3.63, 3.8) is 0 Å². The van der Waals surface area contributed by atoms with Crippen LogP contribution >= 0.6 is 0 Å². The minimum atomic E-state index is -0.0219. The molecule has 2 fully saturated rings. The molecule has 0 aromatic heterocycles. The summed E-state index contributed by atoms with van der Waals surface area (Å²) in [6, 6.07) is 6.92. The second-order valence-corrected chi connectivity index (χ2v) is 7.41. The zero-order chi connectivity index (χ0) is 17.1. The summed E-state index contributed by atoms with van der Waals surface area (Å²) in [5, 5.41) is 3.24. The van der Waals surface area contributed by atoms with Gasteiger partial charge in [-0.3, -0.25) is 9.69 Å². The van der Waals surface area contributed by atoms with Gasteiger partial charge in [0.1, 0.15) is 0 Å². The average Bonchev–Trinajstić information content (AvgIpc) is 3.10. The number of rotatable bonds is 4. The lowest BCUT2D eigenvalue weighted by Crippen LogP contribution is -2.55. The van der Waals surface area contributed by atoms with Gasteiger partial charge in [0.25, 0.3) is 0 Å². The lowest BCUT2D eigenvalue weighted by atomic mass is 10.1. The van der Waals surface area contributed by atoms with Crippen molar-refractivity contribution in [1.82, 2.24) is 10.2 Å². The summed E-state index contributed by atoms with van der Waals surface area (Å²) in [7, 11) is 0. The highest BCUT2D eigenvalue weighted by molar-refractivity contribution is 5.81. The molecule has 1 atom stereocenters. The maximum absolute atomic E-state index is 12.5. The van der Waals surface area contributed by atoms with E-state index in [9.17, 15) is 4.79 Å². The van der Waals surface area contributed by atoms with Crippen LogP contribution in [0.2, 0.25) is 0 Å². The third kappa shape index (κ3) is 3.75. The quantitative estimate of drug-likeness (QED) is 0.922. The smallest absolute Gasteiger partial charge is 0.237 e. The summed E-state index contributed by atoms with van der Waals surface area (Å²) in [6.45, 7) is 10.3. The summed E-state index contributed by atoms with van der Waals surface area (Å²) in [6.07, 6.45) is 4.82. The Bertz CT molecular complexity index is 572. The molecule has 2 aliphatic rings. The molecule has 4 nitrogen and oxygen atoms in total. The van der Waals surface area contributed by atoms with E-state index in [2.05, 4.69) is 54.1 Å². The van der Waals surface area contributed by atoms with Gasteiger partial charge in [-0.05, 0) is 50.8 Å². The molecule has 1 heterocycles. The summed E-state index contributed by atoms with van der Waals surface area (Å²) in [5.41, 5.74) is 4.06. The highest BCUT2D eigenvalue weighted by atomic mass is 16.2. The van der Waals surface area contributed by atoms with E-state index in [4.69, 9.17) is 0 Å². The molecular weight excluding hydrogens is 298 g/mol. The Morgan fingerprint density at radius 3 is 2.46 bits per heavy atom. The van der Waals surface area contributed by atoms with E-state index < -0.39 is 0 Å². The van der Waals surface area contributed by atoms with Gasteiger partial charge in [-0.2, -0.15) is 0 Å². The van der Waals surface area contributed by atoms with Crippen LogP contribution in [0.15, 0.2) is 18.2 Å². The number of hydrogen-bond donors (Lipinski definition) is 1. The first-order chi connectivity index (χ1) is 11.6. The lowest BCUT2D eigenvalue weighted by molar-refractivity contribution is -0.126. The van der Waals surface area contributed by atoms with Crippen molar-refractivity contribution in [3.8, 4) is 0 Å². The van der Waals surface area contributed by atoms with Crippen LogP contribution in [0.1, 0.15) is 43.7 Å². The number of benzene rings is 1. The maximum atomic E-state index is 12.5. The first-order valence-electron chi connectivity index (χ1n) is 9.42. The summed E-state index contributed by atoms with van der Waals surface area (Å²) in [4.78, 5) is 17.3. The number of carbonyl (C=O) groups excluding carboxylic acids is 1. The van der Waals surface area contributed by atoms with Crippen LogP contribution in [-0.2, 0) is 4.79 Å². The van der Waals surface area contributed by atoms with Crippen LogP contribution in [-0.4, -0.2) is 49.1 Å². The van der Waals surface area contributed by atoms with Gasteiger partial charge >= 0.3 is 0 Å².